The molecular weight excluding hydrogens is 234 g/mol. The van der Waals surface area contributed by atoms with E-state index in [1.807, 2.05) is 0 Å². The van der Waals surface area contributed by atoms with E-state index in [1.165, 1.54) is 49.8 Å². The van der Waals surface area contributed by atoms with E-state index < -0.39 is 0 Å². The molecule has 0 bridgehead atoms. The molecule has 1 aromatic carbocycles. The summed E-state index contributed by atoms with van der Waals surface area (Å²) in [7, 11) is 0. The summed E-state index contributed by atoms with van der Waals surface area (Å²) < 4.78 is 5.57. The monoisotopic (exact) mass is 259 g/mol. The van der Waals surface area contributed by atoms with E-state index in [0.717, 1.165) is 24.7 Å². The second kappa shape index (κ2) is 5.96. The van der Waals surface area contributed by atoms with Crippen molar-refractivity contribution in [3.63, 3.8) is 0 Å². The number of benzene rings is 1. The van der Waals surface area contributed by atoms with Crippen molar-refractivity contribution in [2.45, 2.75) is 51.5 Å². The van der Waals surface area contributed by atoms with Crippen LogP contribution in [-0.4, -0.2) is 13.2 Å². The molecule has 3 rings (SSSR count). The molecule has 1 atom stereocenters. The minimum atomic E-state index is 0.452. The van der Waals surface area contributed by atoms with Crippen LogP contribution in [0.25, 0.3) is 0 Å². The van der Waals surface area contributed by atoms with Gasteiger partial charge >= 0.3 is 0 Å². The first kappa shape index (κ1) is 13.0. The first-order valence-corrected chi connectivity index (χ1v) is 7.82. The maximum absolute atomic E-state index is 5.57. The fraction of sp³-hybridized carbons (Fsp3) is 0.647. The van der Waals surface area contributed by atoms with Gasteiger partial charge in [-0.05, 0) is 49.4 Å². The first-order valence-electron chi connectivity index (χ1n) is 7.82. The maximum Gasteiger partial charge on any atom is 0.122 e. The molecule has 1 unspecified atom stereocenters. The van der Waals surface area contributed by atoms with Crippen molar-refractivity contribution < 1.29 is 4.74 Å². The predicted molar refractivity (Wildman–Crippen MR) is 78.6 cm³/mol. The van der Waals surface area contributed by atoms with Crippen molar-refractivity contribution in [1.82, 2.24) is 5.32 Å². The van der Waals surface area contributed by atoms with Gasteiger partial charge < -0.3 is 10.1 Å². The molecule has 19 heavy (non-hydrogen) atoms. The van der Waals surface area contributed by atoms with Gasteiger partial charge in [-0.2, -0.15) is 0 Å². The molecule has 1 aromatic rings. The summed E-state index contributed by atoms with van der Waals surface area (Å²) in [6.45, 7) is 4.30. The molecule has 0 radical (unpaired) electrons. The van der Waals surface area contributed by atoms with Gasteiger partial charge in [-0.25, -0.2) is 0 Å². The fourth-order valence-corrected chi connectivity index (χ4v) is 3.33. The molecule has 0 aromatic heterocycles. The molecule has 1 saturated carbocycles. The van der Waals surface area contributed by atoms with Crippen LogP contribution in [-0.2, 0) is 6.42 Å². The molecule has 1 heterocycles. The summed E-state index contributed by atoms with van der Waals surface area (Å²) in [4.78, 5) is 0. The Labute approximate surface area is 116 Å². The average Bonchev–Trinajstić information content (AvgIpc) is 2.93. The molecule has 2 heteroatoms. The van der Waals surface area contributed by atoms with Crippen LogP contribution in [0.4, 0.5) is 0 Å². The third-order valence-electron chi connectivity index (χ3n) is 4.65. The van der Waals surface area contributed by atoms with Crippen molar-refractivity contribution in [2.75, 3.05) is 13.2 Å². The minimum Gasteiger partial charge on any atom is -0.493 e. The largest absolute Gasteiger partial charge is 0.493 e. The molecule has 1 aliphatic carbocycles. The van der Waals surface area contributed by atoms with Crippen LogP contribution < -0.4 is 10.1 Å². The van der Waals surface area contributed by atoms with Crippen molar-refractivity contribution in [2.24, 2.45) is 5.92 Å². The lowest BCUT2D eigenvalue weighted by Crippen LogP contribution is -2.27. The van der Waals surface area contributed by atoms with Gasteiger partial charge in [0.25, 0.3) is 0 Å². The van der Waals surface area contributed by atoms with E-state index in [4.69, 9.17) is 4.74 Å². The molecule has 1 fully saturated rings. The number of rotatable bonds is 4. The Morgan fingerprint density at radius 3 is 2.95 bits per heavy atom. The zero-order valence-corrected chi connectivity index (χ0v) is 12.0. The van der Waals surface area contributed by atoms with Crippen LogP contribution in [0.5, 0.6) is 5.75 Å². The molecule has 2 aliphatic rings. The number of ether oxygens (including phenoxy) is 1. The van der Waals surface area contributed by atoms with Gasteiger partial charge in [-0.3, -0.25) is 0 Å². The Hall–Kier alpha value is -1.02. The highest BCUT2D eigenvalue weighted by molar-refractivity contribution is 5.40. The lowest BCUT2D eigenvalue weighted by atomic mass is 9.89. The second-order valence-electron chi connectivity index (χ2n) is 6.10. The van der Waals surface area contributed by atoms with E-state index in [-0.39, 0.29) is 0 Å². The molecule has 0 saturated heterocycles. The van der Waals surface area contributed by atoms with E-state index in [2.05, 4.69) is 30.4 Å². The lowest BCUT2D eigenvalue weighted by Gasteiger charge is -2.24. The summed E-state index contributed by atoms with van der Waals surface area (Å²) in [5.74, 6) is 1.98. The first-order chi connectivity index (χ1) is 9.33. The van der Waals surface area contributed by atoms with Crippen LogP contribution in [0.1, 0.15) is 56.2 Å². The quantitative estimate of drug-likeness (QED) is 0.886. The van der Waals surface area contributed by atoms with Gasteiger partial charge in [0.2, 0.25) is 0 Å². The third kappa shape index (κ3) is 3.11. The van der Waals surface area contributed by atoms with Crippen molar-refractivity contribution >= 4 is 0 Å². The number of nitrogens with one attached hydrogen (secondary N) is 1. The molecule has 2 nitrogen and oxygen atoms in total. The molecular formula is C17H25NO. The molecule has 1 N–H and O–H groups in total. The highest BCUT2D eigenvalue weighted by atomic mass is 16.5. The second-order valence-corrected chi connectivity index (χ2v) is 6.10. The van der Waals surface area contributed by atoms with Crippen LogP contribution in [0.3, 0.4) is 0 Å². The Kier molecular flexibility index (Phi) is 4.07. The van der Waals surface area contributed by atoms with Crippen molar-refractivity contribution in [1.29, 1.82) is 0 Å². The maximum atomic E-state index is 5.57. The average molecular weight is 259 g/mol. The van der Waals surface area contributed by atoms with Gasteiger partial charge in [0.1, 0.15) is 5.75 Å². The summed E-state index contributed by atoms with van der Waals surface area (Å²) in [5.41, 5.74) is 2.78. The lowest BCUT2D eigenvalue weighted by molar-refractivity contribution is 0.331. The molecule has 1 aliphatic heterocycles. The van der Waals surface area contributed by atoms with Crippen molar-refractivity contribution in [3.8, 4) is 5.75 Å². The van der Waals surface area contributed by atoms with E-state index in [9.17, 15) is 0 Å². The van der Waals surface area contributed by atoms with Gasteiger partial charge in [0, 0.05) is 12.5 Å². The number of hydrogen-bond acceptors (Lipinski definition) is 2. The van der Waals surface area contributed by atoms with Gasteiger partial charge in [-0.1, -0.05) is 31.4 Å². The van der Waals surface area contributed by atoms with E-state index in [0.29, 0.717) is 6.04 Å². The van der Waals surface area contributed by atoms with Gasteiger partial charge in [0.15, 0.2) is 0 Å². The zero-order valence-electron chi connectivity index (χ0n) is 12.0. The van der Waals surface area contributed by atoms with Gasteiger partial charge in [0.05, 0.1) is 6.61 Å². The fourth-order valence-electron chi connectivity index (χ4n) is 3.33. The smallest absolute Gasteiger partial charge is 0.122 e. The normalized spacial score (nSPS) is 20.9. The van der Waals surface area contributed by atoms with Crippen LogP contribution in [0, 0.1) is 5.92 Å². The minimum absolute atomic E-state index is 0.452. The van der Waals surface area contributed by atoms with Crippen molar-refractivity contribution in [3.05, 3.63) is 29.3 Å². The van der Waals surface area contributed by atoms with E-state index in [1.54, 1.807) is 0 Å². The summed E-state index contributed by atoms with van der Waals surface area (Å²) in [6, 6.07) is 7.12. The SMILES string of the molecule is CC(NCC1CCCCC1)c1ccc2c(c1)CCO2. The highest BCUT2D eigenvalue weighted by Crippen LogP contribution is 2.28. The molecule has 0 spiro atoms. The van der Waals surface area contributed by atoms with Crippen LogP contribution >= 0.6 is 0 Å². The topological polar surface area (TPSA) is 21.3 Å². The van der Waals surface area contributed by atoms with E-state index >= 15 is 0 Å². The predicted octanol–water partition coefficient (Wildman–Crippen LogP) is 3.85. The van der Waals surface area contributed by atoms with Crippen LogP contribution in [0.15, 0.2) is 18.2 Å². The number of hydrogen-bond donors (Lipinski definition) is 1. The molecule has 0 amide bonds. The van der Waals surface area contributed by atoms with Crippen LogP contribution in [0.2, 0.25) is 0 Å². The summed E-state index contributed by atoms with van der Waals surface area (Å²) in [6.07, 6.45) is 8.19. The highest BCUT2D eigenvalue weighted by Gasteiger charge is 2.17. The summed E-state index contributed by atoms with van der Waals surface area (Å²) in [5, 5.41) is 3.72. The van der Waals surface area contributed by atoms with Gasteiger partial charge in [-0.15, -0.1) is 0 Å². The number of fused-ring (bicyclic) bond motifs is 1. The third-order valence-corrected chi connectivity index (χ3v) is 4.65. The Balaban J connectivity index is 1.56. The summed E-state index contributed by atoms with van der Waals surface area (Å²) >= 11 is 0. The Morgan fingerprint density at radius 1 is 1.26 bits per heavy atom. The molecule has 104 valence electrons. The Morgan fingerprint density at radius 2 is 2.11 bits per heavy atom. The zero-order chi connectivity index (χ0) is 13.1. The Bertz CT molecular complexity index is 423. The standard InChI is InChI=1S/C17H25NO/c1-13(18-12-14-5-3-2-4-6-14)15-7-8-17-16(11-15)9-10-19-17/h7-8,11,13-14,18H,2-6,9-10,12H2,1H3.